The molecule has 1 aromatic heterocycles. The van der Waals surface area contributed by atoms with Gasteiger partial charge in [-0.1, -0.05) is 66.0 Å². The van der Waals surface area contributed by atoms with Crippen LogP contribution in [0.25, 0.3) is 10.9 Å². The molecule has 0 saturated carbocycles. The van der Waals surface area contributed by atoms with Gasteiger partial charge < -0.3 is 9.72 Å². The van der Waals surface area contributed by atoms with Gasteiger partial charge in [0, 0.05) is 30.6 Å². The standard InChI is InChI=1S/C22H13Br3N4O5/c23-14-6-5-12(17(25)8-14)11-34-20-13(7-15(24)9-19(20)29(32)33)10-26-28-21(30)16-3-1-2-4-18(16)27-22(28)31/h1-10H,11H2,(H,27,31). The Labute approximate surface area is 216 Å². The van der Waals surface area contributed by atoms with Gasteiger partial charge in [-0.15, -0.1) is 4.68 Å². The summed E-state index contributed by atoms with van der Waals surface area (Å²) in [6, 6.07) is 14.8. The highest BCUT2D eigenvalue weighted by molar-refractivity contribution is 9.11. The van der Waals surface area contributed by atoms with Crippen molar-refractivity contribution in [3.8, 4) is 5.75 Å². The van der Waals surface area contributed by atoms with Crippen molar-refractivity contribution in [2.45, 2.75) is 6.61 Å². The van der Waals surface area contributed by atoms with Gasteiger partial charge in [0.05, 0.1) is 22.0 Å². The molecule has 0 bridgehead atoms. The normalized spacial score (nSPS) is 11.3. The Hall–Kier alpha value is -3.09. The average Bonchev–Trinajstić information content (AvgIpc) is 2.78. The number of para-hydroxylation sites is 1. The van der Waals surface area contributed by atoms with Crippen LogP contribution in [0.4, 0.5) is 5.69 Å². The maximum atomic E-state index is 12.7. The summed E-state index contributed by atoms with van der Waals surface area (Å²) < 4.78 is 8.51. The molecule has 3 aromatic carbocycles. The van der Waals surface area contributed by atoms with E-state index < -0.39 is 16.2 Å². The fraction of sp³-hybridized carbons (Fsp3) is 0.0455. The molecule has 34 heavy (non-hydrogen) atoms. The number of fused-ring (bicyclic) bond motifs is 1. The molecule has 0 aliphatic rings. The van der Waals surface area contributed by atoms with Crippen LogP contribution in [0, 0.1) is 10.1 Å². The molecule has 0 unspecified atom stereocenters. The third-order valence-electron chi connectivity index (χ3n) is 4.74. The minimum absolute atomic E-state index is 0.0215. The maximum Gasteiger partial charge on any atom is 0.349 e. The molecule has 0 atom stereocenters. The lowest BCUT2D eigenvalue weighted by molar-refractivity contribution is -0.386. The molecule has 4 rings (SSSR count). The van der Waals surface area contributed by atoms with Gasteiger partial charge in [-0.3, -0.25) is 14.9 Å². The van der Waals surface area contributed by atoms with Crippen molar-refractivity contribution in [3.63, 3.8) is 0 Å². The molecule has 172 valence electrons. The molecule has 1 N–H and O–H groups in total. The number of H-pyrrole nitrogens is 1. The molecule has 0 saturated heterocycles. The molecule has 0 radical (unpaired) electrons. The fourth-order valence-electron chi connectivity index (χ4n) is 3.16. The summed E-state index contributed by atoms with van der Waals surface area (Å²) in [5.41, 5.74) is -0.332. The Bertz CT molecular complexity index is 1580. The highest BCUT2D eigenvalue weighted by Gasteiger charge is 2.21. The van der Waals surface area contributed by atoms with Crippen LogP contribution in [-0.2, 0) is 6.61 Å². The Balaban J connectivity index is 1.78. The van der Waals surface area contributed by atoms with Gasteiger partial charge in [0.25, 0.3) is 5.56 Å². The number of aromatic nitrogens is 2. The lowest BCUT2D eigenvalue weighted by Crippen LogP contribution is -2.32. The number of rotatable bonds is 6. The number of halogens is 3. The largest absolute Gasteiger partial charge is 0.481 e. The third-order valence-corrected chi connectivity index (χ3v) is 6.43. The van der Waals surface area contributed by atoms with E-state index in [0.717, 1.165) is 14.5 Å². The van der Waals surface area contributed by atoms with Crippen LogP contribution in [0.3, 0.4) is 0 Å². The van der Waals surface area contributed by atoms with Gasteiger partial charge in [0.1, 0.15) is 6.61 Å². The predicted octanol–water partition coefficient (Wildman–Crippen LogP) is 5.35. The molecule has 0 amide bonds. The highest BCUT2D eigenvalue weighted by Crippen LogP contribution is 2.35. The average molecular weight is 653 g/mol. The predicted molar refractivity (Wildman–Crippen MR) is 139 cm³/mol. The van der Waals surface area contributed by atoms with E-state index in [1.165, 1.54) is 12.3 Å². The van der Waals surface area contributed by atoms with Crippen molar-refractivity contribution in [1.82, 2.24) is 9.66 Å². The topological polar surface area (TPSA) is 120 Å². The van der Waals surface area contributed by atoms with E-state index in [0.29, 0.717) is 14.7 Å². The summed E-state index contributed by atoms with van der Waals surface area (Å²) in [5, 5.41) is 16.0. The number of benzene rings is 3. The first-order valence-corrected chi connectivity index (χ1v) is 12.0. The minimum atomic E-state index is -0.745. The zero-order chi connectivity index (χ0) is 24.4. The Morgan fingerprint density at radius 1 is 1.06 bits per heavy atom. The second-order valence-electron chi connectivity index (χ2n) is 6.96. The number of aromatic amines is 1. The van der Waals surface area contributed by atoms with Crippen LogP contribution in [0.15, 0.2) is 82.7 Å². The molecule has 0 aliphatic carbocycles. The van der Waals surface area contributed by atoms with E-state index >= 15 is 0 Å². The van der Waals surface area contributed by atoms with E-state index in [1.54, 1.807) is 36.4 Å². The molecule has 0 fully saturated rings. The zero-order valence-electron chi connectivity index (χ0n) is 17.0. The lowest BCUT2D eigenvalue weighted by atomic mass is 10.2. The quantitative estimate of drug-likeness (QED) is 0.171. The van der Waals surface area contributed by atoms with Gasteiger partial charge in [0.15, 0.2) is 0 Å². The smallest absolute Gasteiger partial charge is 0.349 e. The van der Waals surface area contributed by atoms with Gasteiger partial charge >= 0.3 is 11.4 Å². The minimum Gasteiger partial charge on any atom is -0.481 e. The second kappa shape index (κ2) is 10.0. The Morgan fingerprint density at radius 2 is 1.82 bits per heavy atom. The Kier molecular flexibility index (Phi) is 7.10. The number of nitro benzene ring substituents is 1. The summed E-state index contributed by atoms with van der Waals surface area (Å²) in [6.45, 7) is 0.0215. The number of hydrogen-bond acceptors (Lipinski definition) is 6. The van der Waals surface area contributed by atoms with E-state index in [-0.39, 0.29) is 29.0 Å². The van der Waals surface area contributed by atoms with Gasteiger partial charge in [-0.05, 0) is 30.3 Å². The first kappa shape index (κ1) is 24.0. The third kappa shape index (κ3) is 5.03. The first-order valence-electron chi connectivity index (χ1n) is 9.57. The van der Waals surface area contributed by atoms with E-state index in [1.807, 2.05) is 12.1 Å². The van der Waals surface area contributed by atoms with E-state index in [4.69, 9.17) is 4.74 Å². The van der Waals surface area contributed by atoms with Crippen LogP contribution in [0.2, 0.25) is 0 Å². The monoisotopic (exact) mass is 650 g/mol. The van der Waals surface area contributed by atoms with Crippen LogP contribution in [0.1, 0.15) is 11.1 Å². The van der Waals surface area contributed by atoms with Gasteiger partial charge in [-0.25, -0.2) is 4.79 Å². The summed E-state index contributed by atoms with van der Waals surface area (Å²) in [6.07, 6.45) is 1.18. The summed E-state index contributed by atoms with van der Waals surface area (Å²) in [4.78, 5) is 38.9. The molecular weight excluding hydrogens is 640 g/mol. The summed E-state index contributed by atoms with van der Waals surface area (Å²) >= 11 is 10.1. The van der Waals surface area contributed by atoms with E-state index in [2.05, 4.69) is 57.9 Å². The number of nitrogens with zero attached hydrogens (tertiary/aromatic N) is 3. The zero-order valence-corrected chi connectivity index (χ0v) is 21.8. The number of ether oxygens (including phenoxy) is 1. The SMILES string of the molecule is O=c1[nH]c2ccccc2c(=O)n1N=Cc1cc(Br)cc([N+](=O)[O-])c1OCc1ccc(Br)cc1Br. The van der Waals surface area contributed by atoms with Crippen LogP contribution in [-0.4, -0.2) is 20.8 Å². The van der Waals surface area contributed by atoms with Crippen LogP contribution in [0.5, 0.6) is 5.75 Å². The molecule has 9 nitrogen and oxygen atoms in total. The van der Waals surface area contributed by atoms with Crippen LogP contribution >= 0.6 is 47.8 Å². The van der Waals surface area contributed by atoms with Crippen molar-refractivity contribution in [3.05, 3.63) is 110 Å². The van der Waals surface area contributed by atoms with E-state index in [9.17, 15) is 19.7 Å². The summed E-state index contributed by atoms with van der Waals surface area (Å²) in [5.74, 6) is -0.0583. The van der Waals surface area contributed by atoms with Gasteiger partial charge in [-0.2, -0.15) is 5.10 Å². The summed E-state index contributed by atoms with van der Waals surface area (Å²) in [7, 11) is 0. The molecule has 12 heteroatoms. The molecule has 1 heterocycles. The molecule has 0 spiro atoms. The van der Waals surface area contributed by atoms with Crippen molar-refractivity contribution in [1.29, 1.82) is 0 Å². The number of nitro groups is 1. The maximum absolute atomic E-state index is 12.7. The van der Waals surface area contributed by atoms with Crippen molar-refractivity contribution in [2.75, 3.05) is 0 Å². The van der Waals surface area contributed by atoms with Crippen molar-refractivity contribution >= 4 is 70.6 Å². The van der Waals surface area contributed by atoms with Crippen LogP contribution < -0.4 is 16.0 Å². The van der Waals surface area contributed by atoms with Crippen molar-refractivity contribution in [2.24, 2.45) is 5.10 Å². The number of hydrogen-bond donors (Lipinski definition) is 1. The molecule has 4 aromatic rings. The second-order valence-corrected chi connectivity index (χ2v) is 9.65. The lowest BCUT2D eigenvalue weighted by Gasteiger charge is -2.12. The molecular formula is C22H13Br3N4O5. The number of nitrogens with one attached hydrogen (secondary N) is 1. The van der Waals surface area contributed by atoms with Gasteiger partial charge in [0.2, 0.25) is 5.75 Å². The molecule has 0 aliphatic heterocycles. The first-order chi connectivity index (χ1) is 16.2. The Morgan fingerprint density at radius 3 is 2.56 bits per heavy atom. The highest BCUT2D eigenvalue weighted by atomic mass is 79.9. The van der Waals surface area contributed by atoms with Crippen molar-refractivity contribution < 1.29 is 9.66 Å². The fourth-order valence-corrected chi connectivity index (χ4v) is 4.78.